The van der Waals surface area contributed by atoms with Gasteiger partial charge in [0.15, 0.2) is 0 Å². The molecule has 2 aliphatic rings. The van der Waals surface area contributed by atoms with Crippen molar-refractivity contribution in [1.82, 2.24) is 20.4 Å². The fourth-order valence-corrected chi connectivity index (χ4v) is 4.34. The molecule has 1 atom stereocenters. The maximum absolute atomic E-state index is 13.3. The number of carbonyl (C=O) groups is 2. The lowest BCUT2D eigenvalue weighted by Gasteiger charge is -2.33. The highest BCUT2D eigenvalue weighted by molar-refractivity contribution is 6.07. The van der Waals surface area contributed by atoms with Gasteiger partial charge >= 0.3 is 6.03 Å². The maximum Gasteiger partial charge on any atom is 0.325 e. The van der Waals surface area contributed by atoms with Gasteiger partial charge < -0.3 is 9.84 Å². The Bertz CT molecular complexity index is 1120. The van der Waals surface area contributed by atoms with Crippen LogP contribution in [0.4, 0.5) is 4.79 Å². The third-order valence-corrected chi connectivity index (χ3v) is 5.80. The molecule has 5 rings (SSSR count). The second kappa shape index (κ2) is 6.55. The smallest absolute Gasteiger partial charge is 0.325 e. The summed E-state index contributed by atoms with van der Waals surface area (Å²) in [6.45, 7) is 1.92. The van der Waals surface area contributed by atoms with E-state index in [1.807, 2.05) is 55.5 Å². The summed E-state index contributed by atoms with van der Waals surface area (Å²) in [5, 5.41) is 6.96. The summed E-state index contributed by atoms with van der Waals surface area (Å²) in [5.74, 6) is 0.418. The van der Waals surface area contributed by atoms with Gasteiger partial charge in [0.25, 0.3) is 5.91 Å². The molecule has 1 fully saturated rings. The van der Waals surface area contributed by atoms with E-state index in [1.54, 1.807) is 0 Å². The maximum atomic E-state index is 13.3. The number of benzene rings is 2. The fraction of sp³-hybridized carbons (Fsp3) is 0.273. The van der Waals surface area contributed by atoms with Crippen molar-refractivity contribution in [2.75, 3.05) is 0 Å². The first-order valence-electron chi connectivity index (χ1n) is 9.69. The Hall–Kier alpha value is -3.48. The zero-order valence-corrected chi connectivity index (χ0v) is 16.0. The SMILES string of the molecule is Cc1ccccc1-c1noc(CN2C(=O)N[C@]3(CCCc4ccccc43)C2=O)n1. The van der Waals surface area contributed by atoms with Gasteiger partial charge in [0.05, 0.1) is 0 Å². The van der Waals surface area contributed by atoms with E-state index in [9.17, 15) is 9.59 Å². The van der Waals surface area contributed by atoms with E-state index in [0.717, 1.165) is 35.1 Å². The molecule has 3 amide bonds. The molecule has 1 aliphatic carbocycles. The Morgan fingerprint density at radius 3 is 2.79 bits per heavy atom. The second-order valence-corrected chi connectivity index (χ2v) is 7.56. The monoisotopic (exact) mass is 388 g/mol. The van der Waals surface area contributed by atoms with Gasteiger partial charge in [-0.05, 0) is 42.9 Å². The van der Waals surface area contributed by atoms with Crippen LogP contribution in [0.15, 0.2) is 53.1 Å². The van der Waals surface area contributed by atoms with Crippen molar-refractivity contribution in [2.45, 2.75) is 38.3 Å². The molecule has 3 aromatic rings. The molecule has 0 radical (unpaired) electrons. The zero-order chi connectivity index (χ0) is 20.0. The summed E-state index contributed by atoms with van der Waals surface area (Å²) in [4.78, 5) is 31.6. The minimum atomic E-state index is -0.995. The van der Waals surface area contributed by atoms with Crippen LogP contribution >= 0.6 is 0 Å². The first kappa shape index (κ1) is 17.6. The number of nitrogens with zero attached hydrogens (tertiary/aromatic N) is 3. The molecule has 146 valence electrons. The van der Waals surface area contributed by atoms with Gasteiger partial charge in [-0.2, -0.15) is 4.98 Å². The van der Waals surface area contributed by atoms with Gasteiger partial charge in [-0.25, -0.2) is 4.79 Å². The van der Waals surface area contributed by atoms with Crippen LogP contribution in [0.5, 0.6) is 0 Å². The third-order valence-electron chi connectivity index (χ3n) is 5.80. The normalized spacial score (nSPS) is 20.8. The highest BCUT2D eigenvalue weighted by atomic mass is 16.5. The number of fused-ring (bicyclic) bond motifs is 2. The topological polar surface area (TPSA) is 88.3 Å². The van der Waals surface area contributed by atoms with Crippen molar-refractivity contribution in [3.05, 3.63) is 71.1 Å². The van der Waals surface area contributed by atoms with Crippen molar-refractivity contribution < 1.29 is 14.1 Å². The van der Waals surface area contributed by atoms with Gasteiger partial charge in [0.1, 0.15) is 12.1 Å². The lowest BCUT2D eigenvalue weighted by atomic mass is 9.76. The lowest BCUT2D eigenvalue weighted by Crippen LogP contribution is -2.46. The van der Waals surface area contributed by atoms with Crippen LogP contribution in [0, 0.1) is 6.92 Å². The van der Waals surface area contributed by atoms with Crippen molar-refractivity contribution in [3.63, 3.8) is 0 Å². The zero-order valence-electron chi connectivity index (χ0n) is 16.0. The molecule has 1 aliphatic heterocycles. The summed E-state index contributed by atoms with van der Waals surface area (Å²) in [6.07, 6.45) is 2.34. The summed E-state index contributed by atoms with van der Waals surface area (Å²) < 4.78 is 5.34. The number of rotatable bonds is 3. The number of imide groups is 1. The average molecular weight is 388 g/mol. The standard InChI is InChI=1S/C22H20N4O3/c1-14-7-2-4-10-16(14)19-23-18(29-25-19)13-26-20(27)22(24-21(26)28)12-6-9-15-8-3-5-11-17(15)22/h2-5,7-8,10-11H,6,9,12-13H2,1H3,(H,24,28)/t22-/m0/s1. The highest BCUT2D eigenvalue weighted by Crippen LogP contribution is 2.40. The lowest BCUT2D eigenvalue weighted by molar-refractivity contribution is -0.132. The predicted molar refractivity (Wildman–Crippen MR) is 105 cm³/mol. The predicted octanol–water partition coefficient (Wildman–Crippen LogP) is 3.33. The van der Waals surface area contributed by atoms with E-state index in [4.69, 9.17) is 4.52 Å². The van der Waals surface area contributed by atoms with Crippen molar-refractivity contribution in [2.24, 2.45) is 0 Å². The molecule has 7 heteroatoms. The van der Waals surface area contributed by atoms with Crippen LogP contribution in [0.1, 0.15) is 35.4 Å². The molecule has 0 bridgehead atoms. The first-order valence-corrected chi connectivity index (χ1v) is 9.69. The number of nitrogens with one attached hydrogen (secondary N) is 1. The van der Waals surface area contributed by atoms with Gasteiger partial charge in [0.2, 0.25) is 11.7 Å². The highest BCUT2D eigenvalue weighted by Gasteiger charge is 2.54. The van der Waals surface area contributed by atoms with E-state index in [0.29, 0.717) is 12.2 Å². The van der Waals surface area contributed by atoms with Crippen LogP contribution in [0.25, 0.3) is 11.4 Å². The van der Waals surface area contributed by atoms with E-state index in [-0.39, 0.29) is 18.3 Å². The van der Waals surface area contributed by atoms with Crippen molar-refractivity contribution >= 4 is 11.9 Å². The second-order valence-electron chi connectivity index (χ2n) is 7.56. The number of hydrogen-bond acceptors (Lipinski definition) is 5. The molecular formula is C22H20N4O3. The molecule has 1 saturated heterocycles. The number of aryl methyl sites for hydroxylation is 2. The first-order chi connectivity index (χ1) is 14.1. The number of hydrogen-bond donors (Lipinski definition) is 1. The molecular weight excluding hydrogens is 368 g/mol. The van der Waals surface area contributed by atoms with Crippen LogP contribution in [0.2, 0.25) is 0 Å². The Morgan fingerprint density at radius 1 is 1.14 bits per heavy atom. The minimum absolute atomic E-state index is 0.0482. The van der Waals surface area contributed by atoms with Crippen LogP contribution in [-0.4, -0.2) is 27.0 Å². The number of aromatic nitrogens is 2. The molecule has 2 aromatic carbocycles. The molecule has 1 spiro atoms. The van der Waals surface area contributed by atoms with Gasteiger partial charge in [-0.15, -0.1) is 0 Å². The van der Waals surface area contributed by atoms with E-state index in [1.165, 1.54) is 4.90 Å². The van der Waals surface area contributed by atoms with Gasteiger partial charge in [0, 0.05) is 5.56 Å². The third kappa shape index (κ3) is 2.73. The van der Waals surface area contributed by atoms with Crippen molar-refractivity contribution in [1.29, 1.82) is 0 Å². The molecule has 2 heterocycles. The Morgan fingerprint density at radius 2 is 1.93 bits per heavy atom. The Kier molecular flexibility index (Phi) is 3.97. The summed E-state index contributed by atoms with van der Waals surface area (Å²) >= 11 is 0. The van der Waals surface area contributed by atoms with E-state index >= 15 is 0 Å². The van der Waals surface area contributed by atoms with E-state index < -0.39 is 11.6 Å². The molecule has 7 nitrogen and oxygen atoms in total. The minimum Gasteiger partial charge on any atom is -0.337 e. The average Bonchev–Trinajstić information content (AvgIpc) is 3.28. The molecule has 1 aromatic heterocycles. The molecule has 29 heavy (non-hydrogen) atoms. The summed E-state index contributed by atoms with van der Waals surface area (Å²) in [5.41, 5.74) is 2.88. The Labute approximate surface area is 167 Å². The van der Waals surface area contributed by atoms with Crippen LogP contribution in [0.3, 0.4) is 0 Å². The van der Waals surface area contributed by atoms with E-state index in [2.05, 4.69) is 15.5 Å². The van der Waals surface area contributed by atoms with Gasteiger partial charge in [-0.3, -0.25) is 9.69 Å². The molecule has 0 saturated carbocycles. The fourth-order valence-electron chi connectivity index (χ4n) is 4.34. The quantitative estimate of drug-likeness (QED) is 0.696. The number of amides is 3. The molecule has 1 N–H and O–H groups in total. The van der Waals surface area contributed by atoms with Gasteiger partial charge in [-0.1, -0.05) is 53.7 Å². The largest absolute Gasteiger partial charge is 0.337 e. The van der Waals surface area contributed by atoms with Crippen molar-refractivity contribution in [3.8, 4) is 11.4 Å². The summed E-state index contributed by atoms with van der Waals surface area (Å²) in [6, 6.07) is 15.1. The number of urea groups is 1. The number of carbonyl (C=O) groups excluding carboxylic acids is 2. The molecule has 0 unspecified atom stereocenters. The summed E-state index contributed by atoms with van der Waals surface area (Å²) in [7, 11) is 0. The van der Waals surface area contributed by atoms with Crippen LogP contribution in [-0.2, 0) is 23.3 Å². The Balaban J connectivity index is 1.44. The van der Waals surface area contributed by atoms with Crippen LogP contribution < -0.4 is 5.32 Å².